The van der Waals surface area contributed by atoms with Crippen LogP contribution in [0.2, 0.25) is 0 Å². The van der Waals surface area contributed by atoms with Gasteiger partial charge in [-0.3, -0.25) is 4.79 Å². The molecular formula is C16H16N2O. The van der Waals surface area contributed by atoms with Crippen molar-refractivity contribution in [3.63, 3.8) is 0 Å². The molecule has 0 aromatic heterocycles. The summed E-state index contributed by atoms with van der Waals surface area (Å²) in [5.74, 6) is 0.0940. The Morgan fingerprint density at radius 3 is 2.05 bits per heavy atom. The minimum Gasteiger partial charge on any atom is -0.341 e. The maximum Gasteiger partial charge on any atom is 0.161 e. The molecule has 0 unspecified atom stereocenters. The van der Waals surface area contributed by atoms with E-state index in [4.69, 9.17) is 0 Å². The third-order valence-corrected chi connectivity index (χ3v) is 3.70. The maximum absolute atomic E-state index is 11.8. The summed E-state index contributed by atoms with van der Waals surface area (Å²) >= 11 is 0. The van der Waals surface area contributed by atoms with E-state index in [2.05, 4.69) is 21.9 Å². The molecule has 2 aromatic rings. The minimum absolute atomic E-state index is 0.0940. The van der Waals surface area contributed by atoms with Gasteiger partial charge in [0, 0.05) is 19.7 Å². The Hall–Kier alpha value is -2.29. The maximum atomic E-state index is 11.8. The van der Waals surface area contributed by atoms with Crippen molar-refractivity contribution >= 4 is 28.5 Å². The molecule has 19 heavy (non-hydrogen) atoms. The van der Waals surface area contributed by atoms with Gasteiger partial charge in [0.15, 0.2) is 5.78 Å². The molecule has 3 heteroatoms. The number of carbonyl (C=O) groups excluding carboxylic acids is 1. The molecule has 2 aromatic carbocycles. The van der Waals surface area contributed by atoms with Crippen LogP contribution in [-0.4, -0.2) is 19.9 Å². The highest BCUT2D eigenvalue weighted by Gasteiger charge is 2.26. The van der Waals surface area contributed by atoms with E-state index in [1.165, 1.54) is 0 Å². The second kappa shape index (κ2) is 4.12. The fraction of sp³-hybridized carbons (Fsp3) is 0.188. The fourth-order valence-electron chi connectivity index (χ4n) is 2.72. The zero-order chi connectivity index (χ0) is 13.6. The van der Waals surface area contributed by atoms with Gasteiger partial charge in [-0.2, -0.15) is 0 Å². The van der Waals surface area contributed by atoms with E-state index in [-0.39, 0.29) is 5.78 Å². The summed E-state index contributed by atoms with van der Waals surface area (Å²) in [5, 5.41) is 0. The Morgan fingerprint density at radius 2 is 1.42 bits per heavy atom. The Labute approximate surface area is 113 Å². The Balaban J connectivity index is 2.29. The van der Waals surface area contributed by atoms with Crippen LogP contribution in [-0.2, 0) is 0 Å². The number of carbonyl (C=O) groups is 1. The van der Waals surface area contributed by atoms with Gasteiger partial charge in [0.25, 0.3) is 0 Å². The molecule has 1 aliphatic rings. The first-order chi connectivity index (χ1) is 9.11. The molecule has 1 aliphatic heterocycles. The lowest BCUT2D eigenvalue weighted by Crippen LogP contribution is -2.25. The summed E-state index contributed by atoms with van der Waals surface area (Å²) < 4.78 is 0. The lowest BCUT2D eigenvalue weighted by molar-refractivity contribution is 0.101. The molecule has 0 saturated heterocycles. The van der Waals surface area contributed by atoms with Crippen LogP contribution in [0.15, 0.2) is 42.5 Å². The predicted molar refractivity (Wildman–Crippen MR) is 79.0 cm³/mol. The molecule has 1 heterocycles. The normalized spacial score (nSPS) is 13.0. The largest absolute Gasteiger partial charge is 0.341 e. The number of nitrogens with zero attached hydrogens (tertiary/aromatic N) is 2. The summed E-state index contributed by atoms with van der Waals surface area (Å²) in [6.07, 6.45) is 0. The van der Waals surface area contributed by atoms with E-state index in [1.54, 1.807) is 6.92 Å². The molecule has 0 atom stereocenters. The highest BCUT2D eigenvalue weighted by Crippen LogP contribution is 2.47. The Bertz CT molecular complexity index is 664. The van der Waals surface area contributed by atoms with Gasteiger partial charge in [-0.15, -0.1) is 0 Å². The molecule has 0 amide bonds. The summed E-state index contributed by atoms with van der Waals surface area (Å²) in [5.41, 5.74) is 5.08. The van der Waals surface area contributed by atoms with Crippen LogP contribution >= 0.6 is 0 Å². The first-order valence-electron chi connectivity index (χ1n) is 6.31. The number of para-hydroxylation sites is 3. The Kier molecular flexibility index (Phi) is 2.56. The van der Waals surface area contributed by atoms with E-state index >= 15 is 0 Å². The van der Waals surface area contributed by atoms with Crippen molar-refractivity contribution in [3.05, 3.63) is 48.0 Å². The third-order valence-electron chi connectivity index (χ3n) is 3.70. The summed E-state index contributed by atoms with van der Waals surface area (Å²) in [7, 11) is 4.05. The van der Waals surface area contributed by atoms with Crippen LogP contribution < -0.4 is 9.80 Å². The second-order valence-electron chi connectivity index (χ2n) is 4.84. The third kappa shape index (κ3) is 1.62. The lowest BCUT2D eigenvalue weighted by Gasteiger charge is -2.37. The average Bonchev–Trinajstić information content (AvgIpc) is 2.44. The first-order valence-corrected chi connectivity index (χ1v) is 6.31. The smallest absolute Gasteiger partial charge is 0.161 e. The van der Waals surface area contributed by atoms with Gasteiger partial charge in [0.2, 0.25) is 0 Å². The topological polar surface area (TPSA) is 23.6 Å². The molecule has 0 spiro atoms. The highest BCUT2D eigenvalue weighted by atomic mass is 16.1. The van der Waals surface area contributed by atoms with Gasteiger partial charge in [-0.05, 0) is 31.2 Å². The summed E-state index contributed by atoms with van der Waals surface area (Å²) in [4.78, 5) is 16.1. The van der Waals surface area contributed by atoms with Gasteiger partial charge in [-0.1, -0.05) is 18.2 Å². The molecule has 0 saturated carbocycles. The molecule has 0 aliphatic carbocycles. The van der Waals surface area contributed by atoms with E-state index < -0.39 is 0 Å². The standard InChI is InChI=1S/C16H16N2O/c1-11(19)12-7-6-10-15-16(12)18(3)14-9-5-4-8-13(14)17(15)2/h4-10H,1-3H3. The van der Waals surface area contributed by atoms with Crippen molar-refractivity contribution in [2.75, 3.05) is 23.9 Å². The zero-order valence-electron chi connectivity index (χ0n) is 11.3. The van der Waals surface area contributed by atoms with Gasteiger partial charge >= 0.3 is 0 Å². The lowest BCUT2D eigenvalue weighted by atomic mass is 10.0. The van der Waals surface area contributed by atoms with Crippen molar-refractivity contribution in [2.45, 2.75) is 6.92 Å². The summed E-state index contributed by atoms with van der Waals surface area (Å²) in [6.45, 7) is 1.62. The van der Waals surface area contributed by atoms with E-state index in [0.29, 0.717) is 0 Å². The van der Waals surface area contributed by atoms with Gasteiger partial charge in [0.05, 0.1) is 22.7 Å². The Morgan fingerprint density at radius 1 is 0.842 bits per heavy atom. The quantitative estimate of drug-likeness (QED) is 0.722. The van der Waals surface area contributed by atoms with Crippen LogP contribution in [0.25, 0.3) is 0 Å². The molecule has 0 radical (unpaired) electrons. The molecular weight excluding hydrogens is 236 g/mol. The van der Waals surface area contributed by atoms with Crippen LogP contribution in [0.3, 0.4) is 0 Å². The number of ketones is 1. The minimum atomic E-state index is 0.0940. The second-order valence-corrected chi connectivity index (χ2v) is 4.84. The first kappa shape index (κ1) is 11.8. The van der Waals surface area contributed by atoms with Crippen LogP contribution in [0.5, 0.6) is 0 Å². The van der Waals surface area contributed by atoms with Gasteiger partial charge < -0.3 is 9.80 Å². The zero-order valence-corrected chi connectivity index (χ0v) is 11.3. The number of rotatable bonds is 1. The molecule has 0 fully saturated rings. The highest BCUT2D eigenvalue weighted by molar-refractivity contribution is 6.06. The van der Waals surface area contributed by atoms with Crippen LogP contribution in [0, 0.1) is 0 Å². The monoisotopic (exact) mass is 252 g/mol. The predicted octanol–water partition coefficient (Wildman–Crippen LogP) is 3.74. The number of benzene rings is 2. The number of Topliss-reactive ketones (excluding diaryl/α,β-unsaturated/α-hetero) is 1. The number of anilines is 4. The van der Waals surface area contributed by atoms with E-state index in [9.17, 15) is 4.79 Å². The van der Waals surface area contributed by atoms with Crippen molar-refractivity contribution in [2.24, 2.45) is 0 Å². The van der Waals surface area contributed by atoms with Crippen molar-refractivity contribution in [3.8, 4) is 0 Å². The molecule has 3 rings (SSSR count). The van der Waals surface area contributed by atoms with Crippen molar-refractivity contribution < 1.29 is 4.79 Å². The summed E-state index contributed by atoms with van der Waals surface area (Å²) in [6, 6.07) is 14.1. The molecule has 96 valence electrons. The number of fused-ring (bicyclic) bond motifs is 2. The van der Waals surface area contributed by atoms with E-state index in [0.717, 1.165) is 28.3 Å². The van der Waals surface area contributed by atoms with Crippen LogP contribution in [0.1, 0.15) is 17.3 Å². The molecule has 0 bridgehead atoms. The van der Waals surface area contributed by atoms with Crippen LogP contribution in [0.4, 0.5) is 22.7 Å². The SMILES string of the molecule is CC(=O)c1cccc2c1N(C)c1ccccc1N2C. The number of hydrogen-bond donors (Lipinski definition) is 0. The van der Waals surface area contributed by atoms with Gasteiger partial charge in [0.1, 0.15) is 0 Å². The van der Waals surface area contributed by atoms with Gasteiger partial charge in [-0.25, -0.2) is 0 Å². The number of hydrogen-bond acceptors (Lipinski definition) is 3. The molecule has 0 N–H and O–H groups in total. The fourth-order valence-corrected chi connectivity index (χ4v) is 2.72. The molecule has 3 nitrogen and oxygen atoms in total. The van der Waals surface area contributed by atoms with Crippen molar-refractivity contribution in [1.29, 1.82) is 0 Å². The average molecular weight is 252 g/mol. The van der Waals surface area contributed by atoms with E-state index in [1.807, 2.05) is 44.4 Å². The van der Waals surface area contributed by atoms with Crippen molar-refractivity contribution in [1.82, 2.24) is 0 Å².